The van der Waals surface area contributed by atoms with Gasteiger partial charge in [-0.25, -0.2) is 0 Å². The fourth-order valence-electron chi connectivity index (χ4n) is 6.91. The summed E-state index contributed by atoms with van der Waals surface area (Å²) in [7, 11) is 0. The van der Waals surface area contributed by atoms with E-state index in [4.69, 9.17) is 11.6 Å². The van der Waals surface area contributed by atoms with Crippen molar-refractivity contribution in [3.05, 3.63) is 34.9 Å². The molecular weight excluding hydrogens is 494 g/mol. The van der Waals surface area contributed by atoms with Crippen LogP contribution < -0.4 is 0 Å². The largest absolute Gasteiger partial charge is 0.396 e. The Hall–Kier alpha value is -1.14. The maximum Gasteiger partial charge on any atom is 0.227 e. The molecule has 2 heterocycles. The van der Waals surface area contributed by atoms with E-state index >= 15 is 0 Å². The van der Waals surface area contributed by atoms with Crippen LogP contribution >= 0.6 is 11.6 Å². The van der Waals surface area contributed by atoms with Gasteiger partial charge in [0.05, 0.1) is 5.92 Å². The molecule has 0 radical (unpaired) electrons. The first-order valence-electron chi connectivity index (χ1n) is 14.8. The quantitative estimate of drug-likeness (QED) is 0.453. The maximum atomic E-state index is 14.2. The Kier molecular flexibility index (Phi) is 8.94. The zero-order chi connectivity index (χ0) is 27.9. The van der Waals surface area contributed by atoms with Crippen LogP contribution in [0.4, 0.5) is 0 Å². The minimum atomic E-state index is -0.150. The van der Waals surface area contributed by atoms with Crippen molar-refractivity contribution in [3.8, 4) is 0 Å². The molecule has 1 aliphatic carbocycles. The summed E-state index contributed by atoms with van der Waals surface area (Å²) in [5, 5.41) is 10.8. The first kappa shape index (κ1) is 29.8. The van der Waals surface area contributed by atoms with Gasteiger partial charge in [-0.3, -0.25) is 14.6 Å². The highest BCUT2D eigenvalue weighted by Crippen LogP contribution is 2.41. The lowest BCUT2D eigenvalue weighted by molar-refractivity contribution is -0.134. The molecular formula is C32H52ClN3O2. The van der Waals surface area contributed by atoms with Crippen LogP contribution in [0.5, 0.6) is 0 Å². The molecule has 0 bridgehead atoms. The van der Waals surface area contributed by atoms with Crippen molar-refractivity contribution in [3.63, 3.8) is 0 Å². The molecule has 3 atom stereocenters. The predicted octanol–water partition coefficient (Wildman–Crippen LogP) is 6.04. The molecule has 1 N–H and O–H groups in total. The first-order valence-corrected chi connectivity index (χ1v) is 15.2. The number of rotatable bonds is 7. The van der Waals surface area contributed by atoms with Gasteiger partial charge in [0, 0.05) is 73.3 Å². The fraction of sp³-hybridized carbons (Fsp3) is 0.781. The Morgan fingerprint density at radius 1 is 1.00 bits per heavy atom. The van der Waals surface area contributed by atoms with Gasteiger partial charge in [0.25, 0.3) is 0 Å². The van der Waals surface area contributed by atoms with Gasteiger partial charge in [0.15, 0.2) is 0 Å². The minimum Gasteiger partial charge on any atom is -0.396 e. The number of aliphatic hydroxyl groups excluding tert-OH is 1. The molecule has 4 rings (SSSR count). The average molecular weight is 546 g/mol. The van der Waals surface area contributed by atoms with Gasteiger partial charge < -0.3 is 10.0 Å². The van der Waals surface area contributed by atoms with E-state index in [0.29, 0.717) is 23.4 Å². The van der Waals surface area contributed by atoms with Gasteiger partial charge >= 0.3 is 0 Å². The van der Waals surface area contributed by atoms with Crippen LogP contribution in [0.25, 0.3) is 0 Å². The molecule has 1 saturated carbocycles. The molecule has 1 aromatic rings. The Labute approximate surface area is 236 Å². The molecule has 2 aliphatic heterocycles. The molecule has 5 nitrogen and oxygen atoms in total. The Balaban J connectivity index is 1.51. The summed E-state index contributed by atoms with van der Waals surface area (Å²) < 4.78 is 0. The number of carbonyl (C=O) groups is 1. The molecule has 0 unspecified atom stereocenters. The third-order valence-electron chi connectivity index (χ3n) is 9.64. The third-order valence-corrected chi connectivity index (χ3v) is 9.90. The van der Waals surface area contributed by atoms with E-state index in [1.807, 2.05) is 12.1 Å². The van der Waals surface area contributed by atoms with Crippen molar-refractivity contribution < 1.29 is 9.90 Å². The van der Waals surface area contributed by atoms with Crippen molar-refractivity contribution in [2.45, 2.75) is 104 Å². The normalized spacial score (nSPS) is 27.4. The van der Waals surface area contributed by atoms with Crippen molar-refractivity contribution >= 4 is 17.5 Å². The van der Waals surface area contributed by atoms with Gasteiger partial charge in [0.2, 0.25) is 5.91 Å². The van der Waals surface area contributed by atoms with Crippen molar-refractivity contribution in [1.29, 1.82) is 0 Å². The number of benzene rings is 1. The van der Waals surface area contributed by atoms with Gasteiger partial charge in [-0.05, 0) is 76.0 Å². The predicted molar refractivity (Wildman–Crippen MR) is 158 cm³/mol. The highest BCUT2D eigenvalue weighted by Gasteiger charge is 2.46. The van der Waals surface area contributed by atoms with Gasteiger partial charge in [-0.1, -0.05) is 51.4 Å². The maximum absolute atomic E-state index is 14.2. The van der Waals surface area contributed by atoms with Gasteiger partial charge in [0.1, 0.15) is 0 Å². The number of halogens is 1. The summed E-state index contributed by atoms with van der Waals surface area (Å²) >= 11 is 6.20. The molecule has 214 valence electrons. The number of hydrogen-bond acceptors (Lipinski definition) is 4. The van der Waals surface area contributed by atoms with E-state index in [1.54, 1.807) is 0 Å². The summed E-state index contributed by atoms with van der Waals surface area (Å²) in [6.45, 7) is 20.3. The Morgan fingerprint density at radius 3 is 2.21 bits per heavy atom. The molecule has 0 spiro atoms. The molecule has 0 aromatic heterocycles. The Morgan fingerprint density at radius 2 is 1.63 bits per heavy atom. The lowest BCUT2D eigenvalue weighted by atomic mass is 9.74. The van der Waals surface area contributed by atoms with Crippen molar-refractivity contribution in [1.82, 2.24) is 14.7 Å². The van der Waals surface area contributed by atoms with E-state index in [0.717, 1.165) is 44.2 Å². The SMILES string of the molecule is CC1(C)CCC(N(CC(C)(C)CO)[C@H]2CCN(C(=O)[C@@H]3CN(C(C)(C)C)C[C@H]3c3ccc(Cl)cc3)C2)CC1. The summed E-state index contributed by atoms with van der Waals surface area (Å²) in [5.74, 6) is 0.459. The van der Waals surface area contributed by atoms with E-state index in [-0.39, 0.29) is 29.4 Å². The second kappa shape index (κ2) is 11.4. The van der Waals surface area contributed by atoms with Gasteiger partial charge in [-0.15, -0.1) is 0 Å². The molecule has 3 aliphatic rings. The smallest absolute Gasteiger partial charge is 0.227 e. The molecule has 2 saturated heterocycles. The van der Waals surface area contributed by atoms with Crippen LogP contribution in [0, 0.1) is 16.7 Å². The number of likely N-dealkylation sites (tertiary alicyclic amines) is 2. The van der Waals surface area contributed by atoms with Crippen LogP contribution in [-0.4, -0.2) is 82.7 Å². The Bertz CT molecular complexity index is 944. The summed E-state index contributed by atoms with van der Waals surface area (Å²) in [6.07, 6.45) is 5.93. The number of nitrogens with zero attached hydrogens (tertiary/aromatic N) is 3. The fourth-order valence-corrected chi connectivity index (χ4v) is 7.04. The topological polar surface area (TPSA) is 47.0 Å². The lowest BCUT2D eigenvalue weighted by Gasteiger charge is -2.45. The van der Waals surface area contributed by atoms with E-state index in [1.165, 1.54) is 31.2 Å². The molecule has 38 heavy (non-hydrogen) atoms. The molecule has 3 fully saturated rings. The minimum absolute atomic E-state index is 0.0225. The van der Waals surface area contributed by atoms with Crippen molar-refractivity contribution in [2.24, 2.45) is 16.7 Å². The van der Waals surface area contributed by atoms with Crippen LogP contribution in [0.3, 0.4) is 0 Å². The monoisotopic (exact) mass is 545 g/mol. The highest BCUT2D eigenvalue weighted by atomic mass is 35.5. The average Bonchev–Trinajstić information content (AvgIpc) is 3.51. The molecule has 1 aromatic carbocycles. The zero-order valence-corrected chi connectivity index (χ0v) is 25.7. The third kappa shape index (κ3) is 6.95. The second-order valence-corrected chi connectivity index (χ2v) is 15.4. The number of hydrogen-bond donors (Lipinski definition) is 1. The van der Waals surface area contributed by atoms with E-state index in [2.05, 4.69) is 75.3 Å². The van der Waals surface area contributed by atoms with Crippen LogP contribution in [0.2, 0.25) is 5.02 Å². The summed E-state index contributed by atoms with van der Waals surface area (Å²) in [4.78, 5) is 21.5. The number of carbonyl (C=O) groups excluding carboxylic acids is 1. The van der Waals surface area contributed by atoms with E-state index in [9.17, 15) is 9.90 Å². The molecule has 6 heteroatoms. The van der Waals surface area contributed by atoms with E-state index < -0.39 is 0 Å². The van der Waals surface area contributed by atoms with Crippen LogP contribution in [-0.2, 0) is 4.79 Å². The highest BCUT2D eigenvalue weighted by molar-refractivity contribution is 6.30. The van der Waals surface area contributed by atoms with Crippen LogP contribution in [0.1, 0.15) is 92.1 Å². The van der Waals surface area contributed by atoms with Gasteiger partial charge in [-0.2, -0.15) is 0 Å². The number of aliphatic hydroxyl groups is 1. The number of amides is 1. The first-order chi connectivity index (χ1) is 17.7. The summed E-state index contributed by atoms with van der Waals surface area (Å²) in [6, 6.07) is 9.03. The molecule has 1 amide bonds. The second-order valence-electron chi connectivity index (χ2n) is 15.0. The summed E-state index contributed by atoms with van der Waals surface area (Å²) in [5.41, 5.74) is 1.51. The lowest BCUT2D eigenvalue weighted by Crippen LogP contribution is -2.51. The zero-order valence-electron chi connectivity index (χ0n) is 25.0. The van der Waals surface area contributed by atoms with Crippen molar-refractivity contribution in [2.75, 3.05) is 39.3 Å². The standard InChI is InChI=1S/C32H52ClN3O2/c1-30(2,3)35-19-27(23-8-10-24(33)11-9-23)28(20-35)29(38)34-17-14-26(18-34)36(21-32(6,7)22-37)25-12-15-31(4,5)16-13-25/h8-11,25-28,37H,12-22H2,1-7H3/t26-,27-,28+/m0/s1. The van der Waals surface area contributed by atoms with Crippen LogP contribution in [0.15, 0.2) is 24.3 Å².